The number of hydrogen-bond acceptors (Lipinski definition) is 2. The van der Waals surface area contributed by atoms with E-state index in [1.165, 1.54) is 0 Å². The molecule has 1 aromatic carbocycles. The second-order valence-corrected chi connectivity index (χ2v) is 7.27. The van der Waals surface area contributed by atoms with Crippen molar-refractivity contribution >= 4 is 17.5 Å². The zero-order valence-electron chi connectivity index (χ0n) is 14.2. The summed E-state index contributed by atoms with van der Waals surface area (Å²) >= 11 is 0. The average Bonchev–Trinajstić information content (AvgIpc) is 2.84. The number of aryl methyl sites for hydroxylation is 2. The Hall–Kier alpha value is -1.84. The van der Waals surface area contributed by atoms with Crippen LogP contribution in [0.2, 0.25) is 0 Å². The summed E-state index contributed by atoms with van der Waals surface area (Å²) in [4.78, 5) is 26.8. The molecule has 2 amide bonds. The summed E-state index contributed by atoms with van der Waals surface area (Å²) in [5, 5.41) is 2.97. The third-order valence-corrected chi connectivity index (χ3v) is 3.95. The molecule has 120 valence electrons. The zero-order valence-corrected chi connectivity index (χ0v) is 14.2. The Morgan fingerprint density at radius 3 is 2.27 bits per heavy atom. The molecule has 0 aliphatic carbocycles. The molecule has 22 heavy (non-hydrogen) atoms. The predicted molar refractivity (Wildman–Crippen MR) is 88.7 cm³/mol. The van der Waals surface area contributed by atoms with Crippen molar-refractivity contribution in [1.29, 1.82) is 0 Å². The average molecular weight is 302 g/mol. The number of nitrogens with one attached hydrogen (secondary N) is 1. The second kappa shape index (κ2) is 6.11. The van der Waals surface area contributed by atoms with E-state index in [9.17, 15) is 9.59 Å². The first kappa shape index (κ1) is 16.5. The van der Waals surface area contributed by atoms with E-state index in [4.69, 9.17) is 0 Å². The number of carbonyl (C=O) groups is 2. The van der Waals surface area contributed by atoms with E-state index in [2.05, 4.69) is 11.4 Å². The summed E-state index contributed by atoms with van der Waals surface area (Å²) < 4.78 is 0. The topological polar surface area (TPSA) is 49.4 Å². The molecule has 2 rings (SSSR count). The largest absolute Gasteiger partial charge is 0.330 e. The van der Waals surface area contributed by atoms with Crippen LogP contribution in [0.1, 0.15) is 44.7 Å². The van der Waals surface area contributed by atoms with Gasteiger partial charge in [0.2, 0.25) is 11.8 Å². The third kappa shape index (κ3) is 3.67. The van der Waals surface area contributed by atoms with Crippen LogP contribution >= 0.6 is 0 Å². The molecule has 0 aromatic heterocycles. The van der Waals surface area contributed by atoms with Gasteiger partial charge < -0.3 is 10.2 Å². The van der Waals surface area contributed by atoms with Crippen LogP contribution in [0.4, 0.5) is 5.69 Å². The Bertz CT molecular complexity index is 567. The molecule has 4 nitrogen and oxygen atoms in total. The number of rotatable bonds is 2. The van der Waals surface area contributed by atoms with Crippen LogP contribution in [0, 0.1) is 19.3 Å². The fourth-order valence-corrected chi connectivity index (χ4v) is 2.99. The molecule has 1 atom stereocenters. The van der Waals surface area contributed by atoms with Gasteiger partial charge in [-0.3, -0.25) is 9.59 Å². The molecule has 1 fully saturated rings. The van der Waals surface area contributed by atoms with Gasteiger partial charge in [-0.2, -0.15) is 0 Å². The monoisotopic (exact) mass is 302 g/mol. The van der Waals surface area contributed by atoms with Crippen molar-refractivity contribution in [3.63, 3.8) is 0 Å². The van der Waals surface area contributed by atoms with E-state index < -0.39 is 5.41 Å². The highest BCUT2D eigenvalue weighted by molar-refractivity contribution is 5.98. The SMILES string of the molecule is Cc1cc(C)cc(NC(=O)C2CCCN2C(=O)C(C)(C)C)c1. The number of hydrogen-bond donors (Lipinski definition) is 1. The number of benzene rings is 1. The van der Waals surface area contributed by atoms with Crippen molar-refractivity contribution in [2.75, 3.05) is 11.9 Å². The Labute approximate surface area is 132 Å². The van der Waals surface area contributed by atoms with Crippen LogP contribution in [0.15, 0.2) is 18.2 Å². The molecule has 0 radical (unpaired) electrons. The molecule has 1 aliphatic rings. The normalized spacial score (nSPS) is 18.4. The first-order valence-electron chi connectivity index (χ1n) is 7.89. The Morgan fingerprint density at radius 1 is 1.14 bits per heavy atom. The first-order chi connectivity index (χ1) is 10.2. The van der Waals surface area contributed by atoms with E-state index in [0.717, 1.165) is 29.7 Å². The minimum absolute atomic E-state index is 0.0468. The van der Waals surface area contributed by atoms with Crippen molar-refractivity contribution in [3.8, 4) is 0 Å². The molecule has 4 heteroatoms. The van der Waals surface area contributed by atoms with Crippen molar-refractivity contribution in [1.82, 2.24) is 4.90 Å². The van der Waals surface area contributed by atoms with E-state index in [0.29, 0.717) is 6.54 Å². The highest BCUT2D eigenvalue weighted by Crippen LogP contribution is 2.26. The van der Waals surface area contributed by atoms with Gasteiger partial charge in [0.05, 0.1) is 0 Å². The van der Waals surface area contributed by atoms with Crippen molar-refractivity contribution in [3.05, 3.63) is 29.3 Å². The van der Waals surface area contributed by atoms with Crippen LogP contribution in [-0.4, -0.2) is 29.3 Å². The van der Waals surface area contributed by atoms with Gasteiger partial charge in [0.15, 0.2) is 0 Å². The number of nitrogens with zero attached hydrogens (tertiary/aromatic N) is 1. The Balaban J connectivity index is 2.13. The smallest absolute Gasteiger partial charge is 0.247 e. The maximum absolute atomic E-state index is 12.6. The minimum atomic E-state index is -0.456. The lowest BCUT2D eigenvalue weighted by Crippen LogP contribution is -2.47. The molecule has 1 heterocycles. The standard InChI is InChI=1S/C18H26N2O2/c1-12-9-13(2)11-14(10-12)19-16(21)15-7-6-8-20(15)17(22)18(3,4)5/h9-11,15H,6-8H2,1-5H3,(H,19,21). The molecular weight excluding hydrogens is 276 g/mol. The Morgan fingerprint density at radius 2 is 1.73 bits per heavy atom. The van der Waals surface area contributed by atoms with Gasteiger partial charge in [-0.05, 0) is 49.9 Å². The summed E-state index contributed by atoms with van der Waals surface area (Å²) in [6.45, 7) is 10.4. The van der Waals surface area contributed by atoms with Crippen LogP contribution in [0.3, 0.4) is 0 Å². The van der Waals surface area contributed by atoms with Crippen LogP contribution in [0.25, 0.3) is 0 Å². The van der Waals surface area contributed by atoms with E-state index >= 15 is 0 Å². The Kier molecular flexibility index (Phi) is 4.59. The highest BCUT2D eigenvalue weighted by atomic mass is 16.2. The van der Waals surface area contributed by atoms with Gasteiger partial charge in [-0.15, -0.1) is 0 Å². The number of carbonyl (C=O) groups excluding carboxylic acids is 2. The fourth-order valence-electron chi connectivity index (χ4n) is 2.99. The molecule has 1 saturated heterocycles. The number of anilines is 1. The van der Waals surface area contributed by atoms with E-state index in [-0.39, 0.29) is 17.9 Å². The molecule has 1 aromatic rings. The van der Waals surface area contributed by atoms with Gasteiger partial charge in [-0.25, -0.2) is 0 Å². The van der Waals surface area contributed by atoms with Crippen molar-refractivity contribution in [2.24, 2.45) is 5.41 Å². The molecule has 1 unspecified atom stereocenters. The summed E-state index contributed by atoms with van der Waals surface area (Å²) in [7, 11) is 0. The molecule has 1 aliphatic heterocycles. The molecule has 0 spiro atoms. The van der Waals surface area contributed by atoms with Crippen molar-refractivity contribution in [2.45, 2.75) is 53.5 Å². The summed E-state index contributed by atoms with van der Waals surface area (Å²) in [6.07, 6.45) is 1.62. The lowest BCUT2D eigenvalue weighted by atomic mass is 9.94. The highest BCUT2D eigenvalue weighted by Gasteiger charge is 2.38. The molecular formula is C18H26N2O2. The third-order valence-electron chi connectivity index (χ3n) is 3.95. The van der Waals surface area contributed by atoms with Gasteiger partial charge >= 0.3 is 0 Å². The molecule has 0 bridgehead atoms. The lowest BCUT2D eigenvalue weighted by molar-refractivity contribution is -0.143. The van der Waals surface area contributed by atoms with E-state index in [1.807, 2.05) is 46.8 Å². The van der Waals surface area contributed by atoms with Crippen molar-refractivity contribution < 1.29 is 9.59 Å². The number of amides is 2. The van der Waals surface area contributed by atoms with Gasteiger partial charge in [0, 0.05) is 17.6 Å². The van der Waals surface area contributed by atoms with Gasteiger partial charge in [0.25, 0.3) is 0 Å². The molecule has 0 saturated carbocycles. The lowest BCUT2D eigenvalue weighted by Gasteiger charge is -2.30. The van der Waals surface area contributed by atoms with Gasteiger partial charge in [0.1, 0.15) is 6.04 Å². The zero-order chi connectivity index (χ0) is 16.5. The maximum Gasteiger partial charge on any atom is 0.247 e. The number of likely N-dealkylation sites (tertiary alicyclic amines) is 1. The summed E-state index contributed by atoms with van der Waals surface area (Å²) in [6, 6.07) is 5.62. The molecule has 1 N–H and O–H groups in total. The predicted octanol–water partition coefficient (Wildman–Crippen LogP) is 3.28. The van der Waals surface area contributed by atoms with Crippen LogP contribution in [-0.2, 0) is 9.59 Å². The fraction of sp³-hybridized carbons (Fsp3) is 0.556. The summed E-state index contributed by atoms with van der Waals surface area (Å²) in [5.74, 6) is -0.0364. The maximum atomic E-state index is 12.6. The van der Waals surface area contributed by atoms with Crippen LogP contribution in [0.5, 0.6) is 0 Å². The second-order valence-electron chi connectivity index (χ2n) is 7.27. The van der Waals surface area contributed by atoms with E-state index in [1.54, 1.807) is 4.90 Å². The van der Waals surface area contributed by atoms with Gasteiger partial charge in [-0.1, -0.05) is 26.8 Å². The van der Waals surface area contributed by atoms with Crippen LogP contribution < -0.4 is 5.32 Å². The summed E-state index contributed by atoms with van der Waals surface area (Å²) in [5.41, 5.74) is 2.58. The minimum Gasteiger partial charge on any atom is -0.330 e. The quantitative estimate of drug-likeness (QED) is 0.911. The first-order valence-corrected chi connectivity index (χ1v) is 7.89.